The van der Waals surface area contributed by atoms with Crippen LogP contribution >= 0.6 is 11.3 Å². The minimum absolute atomic E-state index is 0.289. The number of carbonyl (C=O) groups excluding carboxylic acids is 1. The Morgan fingerprint density at radius 3 is 2.56 bits per heavy atom. The summed E-state index contributed by atoms with van der Waals surface area (Å²) >= 11 is 1.67. The van der Waals surface area contributed by atoms with Crippen LogP contribution in [0.1, 0.15) is 25.5 Å². The maximum Gasteiger partial charge on any atom is 0.222 e. The van der Waals surface area contributed by atoms with Gasteiger partial charge in [-0.25, -0.2) is 4.98 Å². The summed E-state index contributed by atoms with van der Waals surface area (Å²) in [4.78, 5) is 21.1. The van der Waals surface area contributed by atoms with Gasteiger partial charge in [-0.15, -0.1) is 11.3 Å². The molecule has 6 heteroatoms. The first-order chi connectivity index (χ1) is 12.2. The molecule has 5 nitrogen and oxygen atoms in total. The van der Waals surface area contributed by atoms with Crippen LogP contribution in [-0.4, -0.2) is 54.0 Å². The van der Waals surface area contributed by atoms with E-state index in [1.165, 1.54) is 0 Å². The van der Waals surface area contributed by atoms with Gasteiger partial charge in [0.1, 0.15) is 10.8 Å². The summed E-state index contributed by atoms with van der Waals surface area (Å²) in [6.45, 7) is 6.40. The van der Waals surface area contributed by atoms with E-state index < -0.39 is 0 Å². The standard InChI is InChI=1S/C19H25N3O2S/c1-3-4-18(23)22-11-9-21(10-12-22)13-16-14-25-19(20-16)15-5-7-17(24-2)8-6-15/h5-8,14H,3-4,9-13H2,1-2H3. The highest BCUT2D eigenvalue weighted by molar-refractivity contribution is 7.13. The number of hydrogen-bond donors (Lipinski definition) is 0. The molecule has 0 unspecified atom stereocenters. The lowest BCUT2D eigenvalue weighted by atomic mass is 10.2. The number of thiazole rings is 1. The minimum atomic E-state index is 0.289. The van der Waals surface area contributed by atoms with Crippen LogP contribution in [0.4, 0.5) is 0 Å². The second-order valence-electron chi connectivity index (χ2n) is 6.28. The number of carbonyl (C=O) groups is 1. The molecule has 0 N–H and O–H groups in total. The third-order valence-electron chi connectivity index (χ3n) is 4.46. The van der Waals surface area contributed by atoms with Gasteiger partial charge in [-0.1, -0.05) is 6.92 Å². The van der Waals surface area contributed by atoms with E-state index in [-0.39, 0.29) is 5.91 Å². The highest BCUT2D eigenvalue weighted by Gasteiger charge is 2.21. The first-order valence-electron chi connectivity index (χ1n) is 8.78. The van der Waals surface area contributed by atoms with Crippen molar-refractivity contribution in [2.75, 3.05) is 33.3 Å². The van der Waals surface area contributed by atoms with E-state index >= 15 is 0 Å². The van der Waals surface area contributed by atoms with Gasteiger partial charge < -0.3 is 9.64 Å². The fourth-order valence-electron chi connectivity index (χ4n) is 3.00. The Bertz CT molecular complexity index is 691. The molecule has 1 saturated heterocycles. The second kappa shape index (κ2) is 8.45. The first-order valence-corrected chi connectivity index (χ1v) is 9.66. The molecule has 0 radical (unpaired) electrons. The minimum Gasteiger partial charge on any atom is -0.497 e. The van der Waals surface area contributed by atoms with E-state index in [1.807, 2.05) is 29.2 Å². The van der Waals surface area contributed by atoms with Gasteiger partial charge in [0.15, 0.2) is 0 Å². The lowest BCUT2D eigenvalue weighted by Crippen LogP contribution is -2.48. The molecule has 1 fully saturated rings. The van der Waals surface area contributed by atoms with Crippen molar-refractivity contribution >= 4 is 17.2 Å². The van der Waals surface area contributed by atoms with E-state index in [0.717, 1.165) is 61.2 Å². The molecule has 3 rings (SSSR count). The van der Waals surface area contributed by atoms with Crippen LogP contribution in [0.15, 0.2) is 29.6 Å². The normalized spacial score (nSPS) is 15.4. The van der Waals surface area contributed by atoms with Crippen molar-refractivity contribution in [1.29, 1.82) is 0 Å². The smallest absolute Gasteiger partial charge is 0.222 e. The summed E-state index contributed by atoms with van der Waals surface area (Å²) in [5.41, 5.74) is 2.22. The number of hydrogen-bond acceptors (Lipinski definition) is 5. The SMILES string of the molecule is CCCC(=O)N1CCN(Cc2csc(-c3ccc(OC)cc3)n2)CC1. The molecule has 1 aliphatic rings. The molecule has 0 spiro atoms. The van der Waals surface area contributed by atoms with Gasteiger partial charge in [-0.3, -0.25) is 9.69 Å². The Morgan fingerprint density at radius 2 is 1.92 bits per heavy atom. The molecule has 2 heterocycles. The highest BCUT2D eigenvalue weighted by Crippen LogP contribution is 2.26. The zero-order valence-electron chi connectivity index (χ0n) is 14.9. The summed E-state index contributed by atoms with van der Waals surface area (Å²) in [5.74, 6) is 1.15. The Labute approximate surface area is 153 Å². The van der Waals surface area contributed by atoms with E-state index in [4.69, 9.17) is 9.72 Å². The van der Waals surface area contributed by atoms with Crippen molar-refractivity contribution in [2.24, 2.45) is 0 Å². The van der Waals surface area contributed by atoms with Gasteiger partial charge >= 0.3 is 0 Å². The topological polar surface area (TPSA) is 45.7 Å². The summed E-state index contributed by atoms with van der Waals surface area (Å²) in [6, 6.07) is 8.00. The lowest BCUT2D eigenvalue weighted by molar-refractivity contribution is -0.133. The van der Waals surface area contributed by atoms with Crippen molar-refractivity contribution in [3.63, 3.8) is 0 Å². The third kappa shape index (κ3) is 4.58. The lowest BCUT2D eigenvalue weighted by Gasteiger charge is -2.34. The molecule has 0 aliphatic carbocycles. The van der Waals surface area contributed by atoms with Gasteiger partial charge in [-0.2, -0.15) is 0 Å². The number of amides is 1. The highest BCUT2D eigenvalue weighted by atomic mass is 32.1. The van der Waals surface area contributed by atoms with Crippen molar-refractivity contribution in [3.05, 3.63) is 35.3 Å². The van der Waals surface area contributed by atoms with Crippen LogP contribution in [0.25, 0.3) is 10.6 Å². The van der Waals surface area contributed by atoms with E-state index in [2.05, 4.69) is 17.2 Å². The maximum atomic E-state index is 12.0. The third-order valence-corrected chi connectivity index (χ3v) is 5.40. The van der Waals surface area contributed by atoms with Gasteiger partial charge in [0.25, 0.3) is 0 Å². The predicted molar refractivity (Wildman–Crippen MR) is 101 cm³/mol. The van der Waals surface area contributed by atoms with Crippen molar-refractivity contribution < 1.29 is 9.53 Å². The van der Waals surface area contributed by atoms with Crippen LogP contribution in [0.5, 0.6) is 5.75 Å². The molecule has 0 bridgehead atoms. The van der Waals surface area contributed by atoms with Crippen LogP contribution in [0, 0.1) is 0 Å². The molecule has 134 valence electrons. The Balaban J connectivity index is 1.54. The predicted octanol–water partition coefficient (Wildman–Crippen LogP) is 3.26. The van der Waals surface area contributed by atoms with Gasteiger partial charge in [0.2, 0.25) is 5.91 Å². The molecule has 1 aromatic heterocycles. The number of rotatable bonds is 6. The van der Waals surface area contributed by atoms with Gasteiger partial charge in [0.05, 0.1) is 12.8 Å². The summed E-state index contributed by atoms with van der Waals surface area (Å²) < 4.78 is 5.20. The molecule has 2 aromatic rings. The van der Waals surface area contributed by atoms with Crippen LogP contribution in [0.3, 0.4) is 0 Å². The molecular weight excluding hydrogens is 334 g/mol. The maximum absolute atomic E-state index is 12.0. The van der Waals surface area contributed by atoms with Crippen molar-refractivity contribution in [1.82, 2.24) is 14.8 Å². The Morgan fingerprint density at radius 1 is 1.20 bits per heavy atom. The van der Waals surface area contributed by atoms with Gasteiger partial charge in [-0.05, 0) is 30.7 Å². The Kier molecular flexibility index (Phi) is 6.04. The monoisotopic (exact) mass is 359 g/mol. The Hall–Kier alpha value is -1.92. The quantitative estimate of drug-likeness (QED) is 0.794. The number of aromatic nitrogens is 1. The average molecular weight is 359 g/mol. The molecule has 1 amide bonds. The van der Waals surface area contributed by atoms with Crippen LogP contribution < -0.4 is 4.74 Å². The zero-order valence-corrected chi connectivity index (χ0v) is 15.7. The van der Waals surface area contributed by atoms with E-state index in [1.54, 1.807) is 18.4 Å². The van der Waals surface area contributed by atoms with Gasteiger partial charge in [0, 0.05) is 50.1 Å². The number of ether oxygens (including phenoxy) is 1. The van der Waals surface area contributed by atoms with Crippen LogP contribution in [-0.2, 0) is 11.3 Å². The number of nitrogens with zero attached hydrogens (tertiary/aromatic N) is 3. The second-order valence-corrected chi connectivity index (χ2v) is 7.14. The first kappa shape index (κ1) is 17.9. The van der Waals surface area contributed by atoms with Crippen molar-refractivity contribution in [2.45, 2.75) is 26.3 Å². The molecule has 1 aliphatic heterocycles. The zero-order chi connectivity index (χ0) is 17.6. The largest absolute Gasteiger partial charge is 0.497 e. The molecule has 1 aromatic carbocycles. The molecule has 0 saturated carbocycles. The van der Waals surface area contributed by atoms with Crippen LogP contribution in [0.2, 0.25) is 0 Å². The van der Waals surface area contributed by atoms with E-state index in [9.17, 15) is 4.79 Å². The summed E-state index contributed by atoms with van der Waals surface area (Å²) in [6.07, 6.45) is 1.59. The number of methoxy groups -OCH3 is 1. The fraction of sp³-hybridized carbons (Fsp3) is 0.474. The number of benzene rings is 1. The summed E-state index contributed by atoms with van der Waals surface area (Å²) in [5, 5.41) is 3.17. The average Bonchev–Trinajstić information content (AvgIpc) is 3.11. The summed E-state index contributed by atoms with van der Waals surface area (Å²) in [7, 11) is 1.67. The molecule has 0 atom stereocenters. The van der Waals surface area contributed by atoms with Crippen molar-refractivity contribution in [3.8, 4) is 16.3 Å². The fourth-order valence-corrected chi connectivity index (χ4v) is 3.82. The molecule has 25 heavy (non-hydrogen) atoms. The number of piperazine rings is 1. The molecular formula is C19H25N3O2S. The van der Waals surface area contributed by atoms with E-state index in [0.29, 0.717) is 6.42 Å².